The topological polar surface area (TPSA) is 79.1 Å². The predicted molar refractivity (Wildman–Crippen MR) is 118 cm³/mol. The predicted octanol–water partition coefficient (Wildman–Crippen LogP) is 1.17. The molecule has 0 aliphatic carbocycles. The Bertz CT molecular complexity index is 713. The molecule has 0 radical (unpaired) electrons. The molecule has 1 aliphatic heterocycles. The molecule has 9 heteroatoms. The Labute approximate surface area is 177 Å². The first-order valence-electron chi connectivity index (χ1n) is 9.27. The van der Waals surface area contributed by atoms with E-state index in [0.717, 1.165) is 69.5 Å². The quantitative estimate of drug-likeness (QED) is 0.347. The molecule has 8 nitrogen and oxygen atoms in total. The molecule has 2 aromatic heterocycles. The smallest absolute Gasteiger partial charge is 0.191 e. The van der Waals surface area contributed by atoms with Gasteiger partial charge in [0.15, 0.2) is 11.6 Å². The van der Waals surface area contributed by atoms with Gasteiger partial charge in [0.2, 0.25) is 0 Å². The highest BCUT2D eigenvalue weighted by atomic mass is 127. The van der Waals surface area contributed by atoms with Crippen molar-refractivity contribution in [3.63, 3.8) is 0 Å². The minimum atomic E-state index is 0. The van der Waals surface area contributed by atoms with Crippen LogP contribution in [0.15, 0.2) is 29.4 Å². The Balaban J connectivity index is 0.00000261. The van der Waals surface area contributed by atoms with Gasteiger partial charge >= 0.3 is 0 Å². The second-order valence-electron chi connectivity index (χ2n) is 6.55. The Morgan fingerprint density at radius 3 is 2.85 bits per heavy atom. The van der Waals surface area contributed by atoms with Crippen LogP contribution >= 0.6 is 24.0 Å². The minimum absolute atomic E-state index is 0. The summed E-state index contributed by atoms with van der Waals surface area (Å²) in [4.78, 5) is 6.80. The Kier molecular flexibility index (Phi) is 9.22. The van der Waals surface area contributed by atoms with Crippen molar-refractivity contribution < 1.29 is 4.74 Å². The molecule has 0 aromatic carbocycles. The number of nitrogens with zero attached hydrogens (tertiary/aromatic N) is 5. The summed E-state index contributed by atoms with van der Waals surface area (Å²) in [6.45, 7) is 4.79. The van der Waals surface area contributed by atoms with Crippen LogP contribution in [0.25, 0.3) is 5.65 Å². The van der Waals surface area contributed by atoms with Gasteiger partial charge in [-0.25, -0.2) is 0 Å². The monoisotopic (exact) mass is 487 g/mol. The van der Waals surface area contributed by atoms with Crippen molar-refractivity contribution in [2.75, 3.05) is 46.9 Å². The minimum Gasteiger partial charge on any atom is -0.383 e. The van der Waals surface area contributed by atoms with Gasteiger partial charge in [-0.05, 0) is 25.0 Å². The zero-order valence-corrected chi connectivity index (χ0v) is 18.4. The number of nitrogens with one attached hydrogen (secondary N) is 2. The number of methoxy groups -OCH3 is 1. The molecule has 1 saturated heterocycles. The number of aromatic nitrogens is 3. The van der Waals surface area contributed by atoms with E-state index in [1.165, 1.54) is 0 Å². The Hall–Kier alpha value is -1.46. The molecule has 3 rings (SSSR count). The van der Waals surface area contributed by atoms with Crippen LogP contribution in [-0.4, -0.2) is 78.4 Å². The van der Waals surface area contributed by atoms with Gasteiger partial charge in [0.1, 0.15) is 5.82 Å². The highest BCUT2D eigenvalue weighted by Crippen LogP contribution is 2.09. The first-order chi connectivity index (χ1) is 12.8. The van der Waals surface area contributed by atoms with E-state index in [9.17, 15) is 0 Å². The number of aliphatic imine (C=N–C) groups is 1. The summed E-state index contributed by atoms with van der Waals surface area (Å²) in [6, 6.07) is 6.39. The molecule has 1 fully saturated rings. The van der Waals surface area contributed by atoms with Gasteiger partial charge in [0.25, 0.3) is 0 Å². The van der Waals surface area contributed by atoms with Crippen LogP contribution in [0, 0.1) is 0 Å². The maximum atomic E-state index is 5.16. The second kappa shape index (κ2) is 11.4. The molecule has 3 heterocycles. The van der Waals surface area contributed by atoms with Crippen molar-refractivity contribution in [3.8, 4) is 0 Å². The third-order valence-corrected chi connectivity index (χ3v) is 4.79. The molecule has 2 N–H and O–H groups in total. The third-order valence-electron chi connectivity index (χ3n) is 4.79. The summed E-state index contributed by atoms with van der Waals surface area (Å²) in [6.07, 6.45) is 5.04. The maximum Gasteiger partial charge on any atom is 0.191 e. The van der Waals surface area contributed by atoms with Crippen LogP contribution in [0.3, 0.4) is 0 Å². The highest BCUT2D eigenvalue weighted by Gasteiger charge is 2.19. The number of likely N-dealkylation sites (tertiary alicyclic amines) is 1. The van der Waals surface area contributed by atoms with E-state index in [-0.39, 0.29) is 24.0 Å². The molecule has 0 saturated carbocycles. The van der Waals surface area contributed by atoms with E-state index < -0.39 is 0 Å². The van der Waals surface area contributed by atoms with E-state index in [1.54, 1.807) is 7.11 Å². The Morgan fingerprint density at radius 2 is 2.11 bits per heavy atom. The standard InChI is InChI=1S/C18H29N7O.HI/c1-19-18(21-15-7-11-24(12-8-15)13-14-26-2)20-9-6-17-23-22-16-5-3-4-10-25(16)17;/h3-5,10,15H,6-9,11-14H2,1-2H3,(H2,19,20,21);1H. The zero-order valence-electron chi connectivity index (χ0n) is 16.1. The number of halogens is 1. The van der Waals surface area contributed by atoms with Crippen molar-refractivity contribution in [2.45, 2.75) is 25.3 Å². The Morgan fingerprint density at radius 1 is 1.30 bits per heavy atom. The summed E-state index contributed by atoms with van der Waals surface area (Å²) in [5.41, 5.74) is 0.880. The van der Waals surface area contributed by atoms with Crippen LogP contribution in [0.2, 0.25) is 0 Å². The molecule has 0 spiro atoms. The zero-order chi connectivity index (χ0) is 18.2. The number of pyridine rings is 1. The molecule has 2 aromatic rings. The fraction of sp³-hybridized carbons (Fsp3) is 0.611. The average Bonchev–Trinajstić information content (AvgIpc) is 3.10. The number of piperidine rings is 1. The van der Waals surface area contributed by atoms with Crippen molar-refractivity contribution in [1.29, 1.82) is 0 Å². The van der Waals surface area contributed by atoms with Crippen LogP contribution in [0.5, 0.6) is 0 Å². The SMILES string of the molecule is CN=C(NCCc1nnc2ccccn12)NC1CCN(CCOC)CC1.I. The van der Waals surface area contributed by atoms with E-state index in [4.69, 9.17) is 4.74 Å². The van der Waals surface area contributed by atoms with Crippen molar-refractivity contribution in [3.05, 3.63) is 30.2 Å². The first kappa shape index (κ1) is 21.8. The lowest BCUT2D eigenvalue weighted by atomic mass is 10.1. The molecule has 1 aliphatic rings. The van der Waals surface area contributed by atoms with Crippen LogP contribution in [-0.2, 0) is 11.2 Å². The first-order valence-corrected chi connectivity index (χ1v) is 9.27. The van der Waals surface area contributed by atoms with Gasteiger partial charge in [0, 0.05) is 59.0 Å². The van der Waals surface area contributed by atoms with Gasteiger partial charge in [-0.15, -0.1) is 34.2 Å². The molecule has 0 atom stereocenters. The summed E-state index contributed by atoms with van der Waals surface area (Å²) >= 11 is 0. The summed E-state index contributed by atoms with van der Waals surface area (Å²) in [5, 5.41) is 15.4. The fourth-order valence-corrected chi connectivity index (χ4v) is 3.26. The number of hydrogen-bond donors (Lipinski definition) is 2. The summed E-state index contributed by atoms with van der Waals surface area (Å²) in [5.74, 6) is 1.81. The van der Waals surface area contributed by atoms with E-state index in [0.29, 0.717) is 6.04 Å². The van der Waals surface area contributed by atoms with Gasteiger partial charge < -0.3 is 20.3 Å². The molecule has 0 bridgehead atoms. The fourth-order valence-electron chi connectivity index (χ4n) is 3.26. The van der Waals surface area contributed by atoms with Gasteiger partial charge in [0.05, 0.1) is 6.61 Å². The van der Waals surface area contributed by atoms with Crippen molar-refractivity contribution >= 4 is 35.6 Å². The van der Waals surface area contributed by atoms with Gasteiger partial charge in [-0.3, -0.25) is 9.39 Å². The van der Waals surface area contributed by atoms with Crippen LogP contribution in [0.1, 0.15) is 18.7 Å². The van der Waals surface area contributed by atoms with E-state index in [2.05, 4.69) is 30.7 Å². The molecule has 0 amide bonds. The van der Waals surface area contributed by atoms with Crippen LogP contribution in [0.4, 0.5) is 0 Å². The summed E-state index contributed by atoms with van der Waals surface area (Å²) < 4.78 is 7.18. The molecular formula is C18H30IN7O. The lowest BCUT2D eigenvalue weighted by molar-refractivity contribution is 0.128. The van der Waals surface area contributed by atoms with Gasteiger partial charge in [-0.2, -0.15) is 0 Å². The maximum absolute atomic E-state index is 5.16. The van der Waals surface area contributed by atoms with Gasteiger partial charge in [-0.1, -0.05) is 6.07 Å². The second-order valence-corrected chi connectivity index (χ2v) is 6.55. The van der Waals surface area contributed by atoms with E-state index >= 15 is 0 Å². The number of ether oxygens (including phenoxy) is 1. The largest absolute Gasteiger partial charge is 0.383 e. The number of guanidine groups is 1. The normalized spacial score (nSPS) is 16.3. The highest BCUT2D eigenvalue weighted by molar-refractivity contribution is 14.0. The lowest BCUT2D eigenvalue weighted by Crippen LogP contribution is -2.49. The number of fused-ring (bicyclic) bond motifs is 1. The van der Waals surface area contributed by atoms with Crippen LogP contribution < -0.4 is 10.6 Å². The van der Waals surface area contributed by atoms with Crippen molar-refractivity contribution in [1.82, 2.24) is 30.1 Å². The summed E-state index contributed by atoms with van der Waals surface area (Å²) in [7, 11) is 3.57. The lowest BCUT2D eigenvalue weighted by Gasteiger charge is -2.32. The molecule has 150 valence electrons. The number of rotatable bonds is 7. The molecular weight excluding hydrogens is 457 g/mol. The van der Waals surface area contributed by atoms with Crippen molar-refractivity contribution in [2.24, 2.45) is 4.99 Å². The van der Waals surface area contributed by atoms with E-state index in [1.807, 2.05) is 35.8 Å². The molecule has 27 heavy (non-hydrogen) atoms. The molecule has 0 unspecified atom stereocenters. The third kappa shape index (κ3) is 6.28. The number of hydrogen-bond acceptors (Lipinski definition) is 5. The average molecular weight is 487 g/mol.